The molecule has 0 saturated carbocycles. The molecule has 0 aliphatic carbocycles. The number of rotatable bonds is 4. The van der Waals surface area contributed by atoms with Gasteiger partial charge in [-0.1, -0.05) is 81.4 Å². The van der Waals surface area contributed by atoms with Crippen LogP contribution in [0.5, 0.6) is 5.75 Å². The summed E-state index contributed by atoms with van der Waals surface area (Å²) in [6.45, 7) is 8.64. The fourth-order valence-electron chi connectivity index (χ4n) is 4.19. The topological polar surface area (TPSA) is 39.4 Å². The van der Waals surface area contributed by atoms with Crippen LogP contribution in [0, 0.1) is 6.92 Å². The van der Waals surface area contributed by atoms with Crippen LogP contribution < -0.4 is 20.4 Å². The van der Waals surface area contributed by atoms with Gasteiger partial charge in [-0.2, -0.15) is 0 Å². The minimum Gasteiger partial charge on any atom is -0.534 e. The standard InChI is InChI=1S/C26H26O3Si/c1-19-17-25(27)28-24-18-20(15-16-23(19)24)29-30(26(2,3)4,21-11-7-5-8-12-21)22-13-9-6-10-14-22/h5-18H,1-4H3. The lowest BCUT2D eigenvalue weighted by molar-refractivity contribution is 0.505. The maximum absolute atomic E-state index is 11.9. The van der Waals surface area contributed by atoms with Crippen LogP contribution in [0.2, 0.25) is 5.04 Å². The van der Waals surface area contributed by atoms with Gasteiger partial charge in [0.2, 0.25) is 0 Å². The summed E-state index contributed by atoms with van der Waals surface area (Å²) in [4.78, 5) is 11.9. The number of aryl methyl sites for hydroxylation is 1. The molecule has 0 aliphatic rings. The molecule has 0 N–H and O–H groups in total. The fraction of sp³-hybridized carbons (Fsp3) is 0.192. The molecule has 0 radical (unpaired) electrons. The summed E-state index contributed by atoms with van der Waals surface area (Å²) in [7, 11) is -2.72. The van der Waals surface area contributed by atoms with E-state index in [9.17, 15) is 4.79 Å². The molecule has 4 rings (SSSR count). The molecule has 3 nitrogen and oxygen atoms in total. The molecule has 152 valence electrons. The van der Waals surface area contributed by atoms with Crippen molar-refractivity contribution in [1.29, 1.82) is 0 Å². The average Bonchev–Trinajstić information content (AvgIpc) is 2.72. The van der Waals surface area contributed by atoms with Crippen LogP contribution in [0.1, 0.15) is 26.3 Å². The zero-order valence-electron chi connectivity index (χ0n) is 17.8. The van der Waals surface area contributed by atoms with Gasteiger partial charge in [0.05, 0.1) is 0 Å². The van der Waals surface area contributed by atoms with Gasteiger partial charge in [-0.3, -0.25) is 0 Å². The first-order valence-corrected chi connectivity index (χ1v) is 12.1. The van der Waals surface area contributed by atoms with Gasteiger partial charge in [0.1, 0.15) is 11.3 Å². The van der Waals surface area contributed by atoms with E-state index in [0.717, 1.165) is 10.9 Å². The minimum absolute atomic E-state index is 0.141. The Kier molecular flexibility index (Phi) is 5.12. The summed E-state index contributed by atoms with van der Waals surface area (Å²) < 4.78 is 12.5. The van der Waals surface area contributed by atoms with Crippen molar-refractivity contribution in [2.45, 2.75) is 32.7 Å². The molecule has 1 aromatic heterocycles. The third kappa shape index (κ3) is 3.48. The zero-order chi connectivity index (χ0) is 21.4. The van der Waals surface area contributed by atoms with E-state index >= 15 is 0 Å². The first-order chi connectivity index (χ1) is 14.3. The molecular weight excluding hydrogens is 388 g/mol. The molecule has 0 aliphatic heterocycles. The molecule has 0 spiro atoms. The molecule has 30 heavy (non-hydrogen) atoms. The summed E-state index contributed by atoms with van der Waals surface area (Å²) in [5.41, 5.74) is 1.11. The Balaban J connectivity index is 1.95. The van der Waals surface area contributed by atoms with Crippen LogP contribution in [0.25, 0.3) is 11.0 Å². The Morgan fingerprint density at radius 1 is 0.800 bits per heavy atom. The van der Waals surface area contributed by atoms with Crippen molar-refractivity contribution in [3.05, 3.63) is 101 Å². The Morgan fingerprint density at radius 2 is 1.37 bits per heavy atom. The van der Waals surface area contributed by atoms with E-state index in [4.69, 9.17) is 8.84 Å². The highest BCUT2D eigenvalue weighted by molar-refractivity contribution is 7.00. The van der Waals surface area contributed by atoms with Crippen LogP contribution in [-0.4, -0.2) is 8.32 Å². The number of fused-ring (bicyclic) bond motifs is 1. The SMILES string of the molecule is Cc1cc(=O)oc2cc(O[Si](c3ccccc3)(c3ccccc3)C(C)(C)C)ccc12. The first kappa shape index (κ1) is 20.2. The van der Waals surface area contributed by atoms with E-state index < -0.39 is 8.32 Å². The zero-order valence-corrected chi connectivity index (χ0v) is 18.8. The highest BCUT2D eigenvalue weighted by Gasteiger charge is 2.52. The van der Waals surface area contributed by atoms with Crippen molar-refractivity contribution in [3.8, 4) is 5.75 Å². The predicted octanol–water partition coefficient (Wildman–Crippen LogP) is 5.04. The van der Waals surface area contributed by atoms with Crippen molar-refractivity contribution in [2.24, 2.45) is 0 Å². The van der Waals surface area contributed by atoms with E-state index in [2.05, 4.69) is 69.3 Å². The molecule has 0 atom stereocenters. The quantitative estimate of drug-likeness (QED) is 0.347. The average molecular weight is 415 g/mol. The maximum atomic E-state index is 11.9. The van der Waals surface area contributed by atoms with E-state index in [1.807, 2.05) is 37.3 Å². The van der Waals surface area contributed by atoms with E-state index in [-0.39, 0.29) is 10.7 Å². The highest BCUT2D eigenvalue weighted by atomic mass is 28.4. The van der Waals surface area contributed by atoms with Gasteiger partial charge in [0.25, 0.3) is 0 Å². The summed E-state index contributed by atoms with van der Waals surface area (Å²) in [5, 5.41) is 3.19. The van der Waals surface area contributed by atoms with Crippen LogP contribution >= 0.6 is 0 Å². The third-order valence-corrected chi connectivity index (χ3v) is 10.6. The molecule has 4 heteroatoms. The number of hydrogen-bond acceptors (Lipinski definition) is 3. The van der Waals surface area contributed by atoms with Gasteiger partial charge < -0.3 is 8.84 Å². The molecule has 1 heterocycles. The van der Waals surface area contributed by atoms with Gasteiger partial charge in [-0.05, 0) is 40.0 Å². The van der Waals surface area contributed by atoms with Crippen LogP contribution in [-0.2, 0) is 0 Å². The molecule has 0 bridgehead atoms. The molecule has 0 fully saturated rings. The molecule has 3 aromatic carbocycles. The van der Waals surface area contributed by atoms with Crippen molar-refractivity contribution in [2.75, 3.05) is 0 Å². The molecule has 0 unspecified atom stereocenters. The first-order valence-electron chi connectivity index (χ1n) is 10.2. The van der Waals surface area contributed by atoms with Crippen molar-refractivity contribution in [1.82, 2.24) is 0 Å². The second-order valence-electron chi connectivity index (χ2n) is 8.67. The van der Waals surface area contributed by atoms with Crippen molar-refractivity contribution >= 4 is 29.7 Å². The number of hydrogen-bond donors (Lipinski definition) is 0. The Bertz CT molecular complexity index is 1180. The van der Waals surface area contributed by atoms with Gasteiger partial charge in [-0.25, -0.2) is 4.79 Å². The summed E-state index contributed by atoms with van der Waals surface area (Å²) in [5.74, 6) is 0.713. The van der Waals surface area contributed by atoms with Crippen LogP contribution in [0.15, 0.2) is 94.1 Å². The van der Waals surface area contributed by atoms with Crippen LogP contribution in [0.3, 0.4) is 0 Å². The van der Waals surface area contributed by atoms with Gasteiger partial charge in [0.15, 0.2) is 0 Å². The third-order valence-electron chi connectivity index (χ3n) is 5.61. The molecule has 0 saturated heterocycles. The smallest absolute Gasteiger partial charge is 0.336 e. The van der Waals surface area contributed by atoms with Gasteiger partial charge in [-0.15, -0.1) is 0 Å². The highest BCUT2D eigenvalue weighted by Crippen LogP contribution is 2.38. The maximum Gasteiger partial charge on any atom is 0.336 e. The van der Waals surface area contributed by atoms with E-state index in [0.29, 0.717) is 11.3 Å². The van der Waals surface area contributed by atoms with E-state index in [1.54, 1.807) is 0 Å². The van der Waals surface area contributed by atoms with Crippen molar-refractivity contribution in [3.63, 3.8) is 0 Å². The molecule has 0 amide bonds. The van der Waals surface area contributed by atoms with Gasteiger partial charge in [0, 0.05) is 17.5 Å². The lowest BCUT2D eigenvalue weighted by Crippen LogP contribution is -2.68. The Morgan fingerprint density at radius 3 is 1.90 bits per heavy atom. The van der Waals surface area contributed by atoms with E-state index in [1.165, 1.54) is 16.4 Å². The Labute approximate surface area is 178 Å². The second kappa shape index (κ2) is 7.61. The largest absolute Gasteiger partial charge is 0.534 e. The van der Waals surface area contributed by atoms with Gasteiger partial charge >= 0.3 is 13.9 Å². The Hall–Kier alpha value is -3.11. The number of benzene rings is 3. The lowest BCUT2D eigenvalue weighted by Gasteiger charge is -2.43. The summed E-state index contributed by atoms with van der Waals surface area (Å²) in [6, 6.07) is 28.3. The normalized spacial score (nSPS) is 12.1. The predicted molar refractivity (Wildman–Crippen MR) is 125 cm³/mol. The fourth-order valence-corrected chi connectivity index (χ4v) is 8.61. The second-order valence-corrected chi connectivity index (χ2v) is 12.9. The minimum atomic E-state index is -2.72. The summed E-state index contributed by atoms with van der Waals surface area (Å²) in [6.07, 6.45) is 0. The monoisotopic (exact) mass is 414 g/mol. The van der Waals surface area contributed by atoms with Crippen molar-refractivity contribution < 1.29 is 8.84 Å². The molecule has 4 aromatic rings. The molecular formula is C26H26O3Si. The lowest BCUT2D eigenvalue weighted by atomic mass is 10.1. The summed E-state index contributed by atoms with van der Waals surface area (Å²) >= 11 is 0. The van der Waals surface area contributed by atoms with Crippen LogP contribution in [0.4, 0.5) is 0 Å².